The molecule has 6 heteroatoms. The molecular formula is C20H16N4O2. The summed E-state index contributed by atoms with van der Waals surface area (Å²) in [5.74, 6) is 1.66. The van der Waals surface area contributed by atoms with Crippen molar-refractivity contribution >= 4 is 34.0 Å². The fourth-order valence-electron chi connectivity index (χ4n) is 2.70. The minimum absolute atomic E-state index is 0.116. The zero-order valence-corrected chi connectivity index (χ0v) is 14.1. The minimum Gasteiger partial charge on any atom is -0.461 e. The molecule has 2 aromatic carbocycles. The van der Waals surface area contributed by atoms with Gasteiger partial charge >= 0.3 is 0 Å². The Morgan fingerprint density at radius 2 is 1.81 bits per heavy atom. The lowest BCUT2D eigenvalue weighted by atomic mass is 10.2. The van der Waals surface area contributed by atoms with Crippen LogP contribution in [-0.4, -0.2) is 15.9 Å². The van der Waals surface area contributed by atoms with Crippen LogP contribution in [0.4, 0.5) is 17.2 Å². The molecule has 4 aromatic rings. The van der Waals surface area contributed by atoms with Gasteiger partial charge in [0.25, 0.3) is 0 Å². The Hall–Kier alpha value is -3.67. The van der Waals surface area contributed by atoms with Crippen molar-refractivity contribution in [3.05, 3.63) is 66.9 Å². The van der Waals surface area contributed by atoms with Crippen molar-refractivity contribution in [2.24, 2.45) is 0 Å². The Balaban J connectivity index is 1.77. The number of nitrogens with zero attached hydrogens (tertiary/aromatic N) is 2. The van der Waals surface area contributed by atoms with E-state index in [-0.39, 0.29) is 5.91 Å². The SMILES string of the molecule is CC(=O)Nc1cccc(Nc2nc(-c3ccco3)nc3ccccc23)c1. The molecule has 0 aliphatic carbocycles. The molecule has 0 saturated carbocycles. The summed E-state index contributed by atoms with van der Waals surface area (Å²) >= 11 is 0. The van der Waals surface area contributed by atoms with Crippen LogP contribution in [0.5, 0.6) is 0 Å². The molecule has 0 aliphatic heterocycles. The molecule has 0 radical (unpaired) electrons. The van der Waals surface area contributed by atoms with Gasteiger partial charge in [-0.2, -0.15) is 0 Å². The van der Waals surface area contributed by atoms with E-state index in [1.165, 1.54) is 6.92 Å². The van der Waals surface area contributed by atoms with Gasteiger partial charge < -0.3 is 15.1 Å². The van der Waals surface area contributed by atoms with Gasteiger partial charge in [-0.05, 0) is 42.5 Å². The highest BCUT2D eigenvalue weighted by atomic mass is 16.3. The summed E-state index contributed by atoms with van der Waals surface area (Å²) in [5.41, 5.74) is 2.34. The summed E-state index contributed by atoms with van der Waals surface area (Å²) in [6.45, 7) is 1.48. The van der Waals surface area contributed by atoms with E-state index < -0.39 is 0 Å². The standard InChI is InChI=1S/C20H16N4O2/c1-13(25)21-14-6-4-7-15(12-14)22-19-16-8-2-3-9-17(16)23-20(24-19)18-10-5-11-26-18/h2-12H,1H3,(H,21,25)(H,22,23,24). The van der Waals surface area contributed by atoms with E-state index in [0.717, 1.165) is 16.6 Å². The minimum atomic E-state index is -0.116. The molecule has 2 N–H and O–H groups in total. The Bertz CT molecular complexity index is 1070. The van der Waals surface area contributed by atoms with Crippen molar-refractivity contribution in [3.8, 4) is 11.6 Å². The van der Waals surface area contributed by atoms with Crippen LogP contribution in [0, 0.1) is 0 Å². The predicted molar refractivity (Wildman–Crippen MR) is 101 cm³/mol. The third-order valence-corrected chi connectivity index (χ3v) is 3.79. The maximum atomic E-state index is 11.3. The maximum Gasteiger partial charge on any atom is 0.221 e. The van der Waals surface area contributed by atoms with E-state index in [4.69, 9.17) is 4.42 Å². The number of nitrogens with one attached hydrogen (secondary N) is 2. The van der Waals surface area contributed by atoms with Crippen LogP contribution in [-0.2, 0) is 4.79 Å². The van der Waals surface area contributed by atoms with E-state index in [1.807, 2.05) is 54.6 Å². The summed E-state index contributed by atoms with van der Waals surface area (Å²) < 4.78 is 5.44. The second-order valence-corrected chi connectivity index (χ2v) is 5.78. The normalized spacial score (nSPS) is 10.7. The van der Waals surface area contributed by atoms with Crippen LogP contribution >= 0.6 is 0 Å². The van der Waals surface area contributed by atoms with Gasteiger partial charge in [0.1, 0.15) is 5.82 Å². The van der Waals surface area contributed by atoms with Gasteiger partial charge in [0.2, 0.25) is 5.91 Å². The highest BCUT2D eigenvalue weighted by molar-refractivity contribution is 5.93. The molecule has 0 aliphatic rings. The molecule has 1 amide bonds. The second-order valence-electron chi connectivity index (χ2n) is 5.78. The largest absolute Gasteiger partial charge is 0.461 e. The Morgan fingerprint density at radius 3 is 2.62 bits per heavy atom. The molecule has 0 atom stereocenters. The number of carbonyl (C=O) groups excluding carboxylic acids is 1. The molecule has 6 nitrogen and oxygen atoms in total. The molecular weight excluding hydrogens is 328 g/mol. The highest BCUT2D eigenvalue weighted by Gasteiger charge is 2.11. The van der Waals surface area contributed by atoms with Crippen LogP contribution in [0.1, 0.15) is 6.92 Å². The number of rotatable bonds is 4. The molecule has 0 bridgehead atoms. The zero-order chi connectivity index (χ0) is 17.9. The lowest BCUT2D eigenvalue weighted by molar-refractivity contribution is -0.114. The summed E-state index contributed by atoms with van der Waals surface area (Å²) in [7, 11) is 0. The van der Waals surface area contributed by atoms with Crippen molar-refractivity contribution in [2.45, 2.75) is 6.92 Å². The molecule has 0 fully saturated rings. The van der Waals surface area contributed by atoms with Crippen molar-refractivity contribution in [1.82, 2.24) is 9.97 Å². The van der Waals surface area contributed by atoms with E-state index in [1.54, 1.807) is 12.3 Å². The molecule has 0 saturated heterocycles. The van der Waals surface area contributed by atoms with Crippen LogP contribution < -0.4 is 10.6 Å². The molecule has 0 unspecified atom stereocenters. The van der Waals surface area contributed by atoms with Gasteiger partial charge in [0.05, 0.1) is 11.8 Å². The van der Waals surface area contributed by atoms with Gasteiger partial charge in [-0.25, -0.2) is 9.97 Å². The average molecular weight is 344 g/mol. The van der Waals surface area contributed by atoms with Crippen molar-refractivity contribution < 1.29 is 9.21 Å². The van der Waals surface area contributed by atoms with Crippen molar-refractivity contribution in [2.75, 3.05) is 10.6 Å². The van der Waals surface area contributed by atoms with Crippen LogP contribution in [0.3, 0.4) is 0 Å². The van der Waals surface area contributed by atoms with Crippen molar-refractivity contribution in [1.29, 1.82) is 0 Å². The molecule has 2 heterocycles. The third-order valence-electron chi connectivity index (χ3n) is 3.79. The number of furan rings is 1. The Morgan fingerprint density at radius 1 is 0.962 bits per heavy atom. The first-order valence-electron chi connectivity index (χ1n) is 8.14. The summed E-state index contributed by atoms with van der Waals surface area (Å²) in [6, 6.07) is 18.9. The van der Waals surface area contributed by atoms with E-state index in [2.05, 4.69) is 20.6 Å². The van der Waals surface area contributed by atoms with E-state index in [9.17, 15) is 4.79 Å². The zero-order valence-electron chi connectivity index (χ0n) is 14.1. The first kappa shape index (κ1) is 15.8. The van der Waals surface area contributed by atoms with Crippen LogP contribution in [0.2, 0.25) is 0 Å². The molecule has 4 rings (SSSR count). The first-order chi connectivity index (χ1) is 12.7. The molecule has 0 spiro atoms. The monoisotopic (exact) mass is 344 g/mol. The fourth-order valence-corrected chi connectivity index (χ4v) is 2.70. The Kier molecular flexibility index (Phi) is 4.07. The maximum absolute atomic E-state index is 11.3. The fraction of sp³-hybridized carbons (Fsp3) is 0.0500. The predicted octanol–water partition coefficient (Wildman–Crippen LogP) is 4.59. The van der Waals surface area contributed by atoms with Gasteiger partial charge in [0, 0.05) is 23.7 Å². The lowest BCUT2D eigenvalue weighted by Crippen LogP contribution is -2.06. The number of hydrogen-bond donors (Lipinski definition) is 2. The number of fused-ring (bicyclic) bond motifs is 1. The topological polar surface area (TPSA) is 80.0 Å². The lowest BCUT2D eigenvalue weighted by Gasteiger charge is -2.11. The molecule has 128 valence electrons. The number of para-hydroxylation sites is 1. The summed E-state index contributed by atoms with van der Waals surface area (Å²) in [6.07, 6.45) is 1.60. The summed E-state index contributed by atoms with van der Waals surface area (Å²) in [5, 5.41) is 6.99. The number of aromatic nitrogens is 2. The van der Waals surface area contributed by atoms with Gasteiger partial charge in [-0.3, -0.25) is 4.79 Å². The smallest absolute Gasteiger partial charge is 0.221 e. The number of hydrogen-bond acceptors (Lipinski definition) is 5. The van der Waals surface area contributed by atoms with Gasteiger partial charge in [-0.1, -0.05) is 18.2 Å². The second kappa shape index (κ2) is 6.68. The average Bonchev–Trinajstić information content (AvgIpc) is 3.16. The molecule has 2 aromatic heterocycles. The Labute approximate surface area is 149 Å². The van der Waals surface area contributed by atoms with Crippen LogP contribution in [0.25, 0.3) is 22.5 Å². The van der Waals surface area contributed by atoms with E-state index >= 15 is 0 Å². The number of anilines is 3. The number of benzene rings is 2. The quantitative estimate of drug-likeness (QED) is 0.566. The molecule has 26 heavy (non-hydrogen) atoms. The van der Waals surface area contributed by atoms with Gasteiger partial charge in [-0.15, -0.1) is 0 Å². The van der Waals surface area contributed by atoms with Gasteiger partial charge in [0.15, 0.2) is 11.6 Å². The van der Waals surface area contributed by atoms with E-state index in [0.29, 0.717) is 23.1 Å². The highest BCUT2D eigenvalue weighted by Crippen LogP contribution is 2.28. The van der Waals surface area contributed by atoms with Crippen molar-refractivity contribution in [3.63, 3.8) is 0 Å². The third kappa shape index (κ3) is 3.25. The number of amides is 1. The van der Waals surface area contributed by atoms with Crippen LogP contribution in [0.15, 0.2) is 71.3 Å². The first-order valence-corrected chi connectivity index (χ1v) is 8.14. The number of carbonyl (C=O) groups is 1. The summed E-state index contributed by atoms with van der Waals surface area (Å²) in [4.78, 5) is 20.5.